The van der Waals surface area contributed by atoms with E-state index < -0.39 is 6.10 Å². The van der Waals surface area contributed by atoms with Crippen LogP contribution in [0.15, 0.2) is 24.4 Å². The van der Waals surface area contributed by atoms with Crippen molar-refractivity contribution < 1.29 is 19.3 Å². The van der Waals surface area contributed by atoms with Crippen molar-refractivity contribution in [3.05, 3.63) is 35.5 Å². The average Bonchev–Trinajstić information content (AvgIpc) is 3.33. The lowest BCUT2D eigenvalue weighted by molar-refractivity contribution is 0.00883. The van der Waals surface area contributed by atoms with Gasteiger partial charge in [0.25, 0.3) is 0 Å². The largest absolute Gasteiger partial charge is 0.486 e. The molecule has 0 bridgehead atoms. The summed E-state index contributed by atoms with van der Waals surface area (Å²) in [6, 6.07) is 6.03. The van der Waals surface area contributed by atoms with Crippen molar-refractivity contribution in [2.75, 3.05) is 20.3 Å². The molecule has 0 radical (unpaired) electrons. The molecule has 1 aliphatic heterocycles. The second kappa shape index (κ2) is 8.60. The number of aliphatic hydroxyl groups excluding tert-OH is 1. The van der Waals surface area contributed by atoms with Gasteiger partial charge in [-0.2, -0.15) is 0 Å². The maximum absolute atomic E-state index is 11.7. The Bertz CT molecular complexity index is 1430. The first-order valence-corrected chi connectivity index (χ1v) is 13.0. The number of fused-ring (bicyclic) bond motifs is 4. The Balaban J connectivity index is 1.57. The summed E-state index contributed by atoms with van der Waals surface area (Å²) in [6.45, 7) is 5.23. The molecule has 2 aromatic carbocycles. The van der Waals surface area contributed by atoms with Crippen LogP contribution in [0.5, 0.6) is 17.4 Å². The molecule has 2 aromatic heterocycles. The van der Waals surface area contributed by atoms with Crippen molar-refractivity contribution in [2.24, 2.45) is 5.41 Å². The van der Waals surface area contributed by atoms with Gasteiger partial charge in [-0.15, -0.1) is 11.3 Å². The zero-order valence-corrected chi connectivity index (χ0v) is 21.1. The van der Waals surface area contributed by atoms with Crippen molar-refractivity contribution in [3.8, 4) is 28.0 Å². The van der Waals surface area contributed by atoms with Crippen molar-refractivity contribution in [3.63, 3.8) is 0 Å². The van der Waals surface area contributed by atoms with Gasteiger partial charge in [-0.25, -0.2) is 15.0 Å². The van der Waals surface area contributed by atoms with Gasteiger partial charge in [0.15, 0.2) is 11.5 Å². The monoisotopic (exact) mass is 491 g/mol. The van der Waals surface area contributed by atoms with E-state index in [1.807, 2.05) is 19.1 Å². The van der Waals surface area contributed by atoms with Crippen LogP contribution < -0.4 is 14.2 Å². The lowest BCUT2D eigenvalue weighted by Gasteiger charge is -2.38. The number of aliphatic hydroxyl groups is 1. The molecule has 1 atom stereocenters. The fourth-order valence-electron chi connectivity index (χ4n) is 5.44. The third-order valence-corrected chi connectivity index (χ3v) is 8.45. The fourth-order valence-corrected chi connectivity index (χ4v) is 6.55. The van der Waals surface area contributed by atoms with Gasteiger partial charge in [0.2, 0.25) is 5.88 Å². The summed E-state index contributed by atoms with van der Waals surface area (Å²) in [5.74, 6) is 1.87. The number of rotatable bonds is 4. The van der Waals surface area contributed by atoms with E-state index >= 15 is 0 Å². The number of aryl methyl sites for hydroxylation is 1. The third kappa shape index (κ3) is 3.79. The highest BCUT2D eigenvalue weighted by atomic mass is 32.1. The number of aromatic nitrogens is 3. The van der Waals surface area contributed by atoms with Crippen LogP contribution in [0.4, 0.5) is 0 Å². The van der Waals surface area contributed by atoms with Gasteiger partial charge < -0.3 is 19.3 Å². The molecule has 1 unspecified atom stereocenters. The van der Waals surface area contributed by atoms with Crippen LogP contribution in [0.3, 0.4) is 0 Å². The molecule has 7 nitrogen and oxygen atoms in total. The van der Waals surface area contributed by atoms with E-state index in [1.54, 1.807) is 24.6 Å². The molecule has 4 aromatic rings. The van der Waals surface area contributed by atoms with Crippen LogP contribution in [0.1, 0.15) is 56.3 Å². The zero-order valence-electron chi connectivity index (χ0n) is 20.3. The van der Waals surface area contributed by atoms with Crippen LogP contribution >= 0.6 is 11.3 Å². The van der Waals surface area contributed by atoms with Crippen molar-refractivity contribution in [2.45, 2.75) is 52.1 Å². The van der Waals surface area contributed by atoms with Crippen molar-refractivity contribution >= 4 is 32.6 Å². The Kier molecular flexibility index (Phi) is 5.53. The Hall–Kier alpha value is -2.97. The topological polar surface area (TPSA) is 86.6 Å². The molecule has 35 heavy (non-hydrogen) atoms. The summed E-state index contributed by atoms with van der Waals surface area (Å²) in [5.41, 5.74) is 4.91. The molecule has 8 heteroatoms. The van der Waals surface area contributed by atoms with Gasteiger partial charge in [0.1, 0.15) is 22.9 Å². The van der Waals surface area contributed by atoms with Gasteiger partial charge in [-0.05, 0) is 48.9 Å². The summed E-state index contributed by atoms with van der Waals surface area (Å²) in [6.07, 6.45) is 6.51. The normalized spacial score (nSPS) is 18.1. The van der Waals surface area contributed by atoms with Crippen LogP contribution in [0, 0.1) is 12.3 Å². The van der Waals surface area contributed by atoms with E-state index in [0.29, 0.717) is 30.6 Å². The molecule has 1 saturated carbocycles. The zero-order chi connectivity index (χ0) is 24.2. The standard InChI is InChI=1S/C27H29N3O4S/c1-15-11-17(21-18(12-15)29-20(32-3)14-28-21)26-30-22-16(25(31)27(2)7-5-4-6-8-27)13-19-23(24(22)35-26)34-10-9-33-19/h11-14,25,31H,4-10H2,1-3H3. The first kappa shape index (κ1) is 22.5. The quantitative estimate of drug-likeness (QED) is 0.375. The van der Waals surface area contributed by atoms with Gasteiger partial charge in [0.05, 0.1) is 36.0 Å². The molecule has 0 saturated heterocycles. The molecule has 2 aliphatic rings. The highest BCUT2D eigenvalue weighted by Gasteiger charge is 2.38. The SMILES string of the molecule is COc1cnc2c(-c3nc4c(C(O)C5(C)CCCCC5)cc5c(c4s3)OCCO5)cc(C)cc2n1. The number of nitrogens with zero attached hydrogens (tertiary/aromatic N) is 3. The molecule has 1 N–H and O–H groups in total. The maximum atomic E-state index is 11.7. The second-order valence-corrected chi connectivity index (χ2v) is 10.9. The van der Waals surface area contributed by atoms with E-state index in [2.05, 4.69) is 23.0 Å². The first-order chi connectivity index (χ1) is 17.0. The number of methoxy groups -OCH3 is 1. The van der Waals surface area contributed by atoms with Crippen LogP contribution in [0.25, 0.3) is 31.8 Å². The number of benzene rings is 2. The smallest absolute Gasteiger partial charge is 0.232 e. The number of ether oxygens (including phenoxy) is 3. The lowest BCUT2D eigenvalue weighted by Crippen LogP contribution is -2.28. The molecule has 0 spiro atoms. The predicted molar refractivity (Wildman–Crippen MR) is 137 cm³/mol. The Labute approximate surface area is 208 Å². The highest BCUT2D eigenvalue weighted by molar-refractivity contribution is 7.22. The Morgan fingerprint density at radius 3 is 2.66 bits per heavy atom. The molecule has 1 fully saturated rings. The molecule has 0 amide bonds. The van der Waals surface area contributed by atoms with Gasteiger partial charge in [0, 0.05) is 11.1 Å². The lowest BCUT2D eigenvalue weighted by atomic mass is 9.70. The van der Waals surface area contributed by atoms with E-state index in [9.17, 15) is 5.11 Å². The van der Waals surface area contributed by atoms with Crippen molar-refractivity contribution in [1.82, 2.24) is 15.0 Å². The maximum Gasteiger partial charge on any atom is 0.232 e. The molecular weight excluding hydrogens is 462 g/mol. The Morgan fingerprint density at radius 1 is 1.06 bits per heavy atom. The van der Waals surface area contributed by atoms with Gasteiger partial charge in [-0.1, -0.05) is 26.2 Å². The second-order valence-electron chi connectivity index (χ2n) is 9.90. The van der Waals surface area contributed by atoms with E-state index in [4.69, 9.17) is 19.2 Å². The van der Waals surface area contributed by atoms with Crippen LogP contribution in [-0.4, -0.2) is 40.4 Å². The summed E-state index contributed by atoms with van der Waals surface area (Å²) in [7, 11) is 1.59. The summed E-state index contributed by atoms with van der Waals surface area (Å²) in [4.78, 5) is 14.3. The van der Waals surface area contributed by atoms with Gasteiger partial charge in [-0.3, -0.25) is 0 Å². The first-order valence-electron chi connectivity index (χ1n) is 12.2. The molecule has 3 heterocycles. The molecule has 6 rings (SSSR count). The number of hydrogen-bond acceptors (Lipinski definition) is 8. The number of hydrogen-bond donors (Lipinski definition) is 1. The Morgan fingerprint density at radius 2 is 1.86 bits per heavy atom. The van der Waals surface area contributed by atoms with Gasteiger partial charge >= 0.3 is 0 Å². The molecule has 182 valence electrons. The summed E-state index contributed by atoms with van der Waals surface area (Å²) in [5, 5.41) is 12.5. The van der Waals surface area contributed by atoms with E-state index in [0.717, 1.165) is 68.6 Å². The number of thiazole rings is 1. The predicted octanol–water partition coefficient (Wildman–Crippen LogP) is 6.00. The minimum Gasteiger partial charge on any atom is -0.486 e. The van der Waals surface area contributed by atoms with E-state index in [-0.39, 0.29) is 5.41 Å². The third-order valence-electron chi connectivity index (χ3n) is 7.36. The molecular formula is C27H29N3O4S. The summed E-state index contributed by atoms with van der Waals surface area (Å²) < 4.78 is 18.2. The minimum atomic E-state index is -0.630. The average molecular weight is 492 g/mol. The summed E-state index contributed by atoms with van der Waals surface area (Å²) >= 11 is 1.55. The minimum absolute atomic E-state index is 0.184. The van der Waals surface area contributed by atoms with Crippen LogP contribution in [0.2, 0.25) is 0 Å². The van der Waals surface area contributed by atoms with E-state index in [1.165, 1.54) is 6.42 Å². The van der Waals surface area contributed by atoms with Crippen LogP contribution in [-0.2, 0) is 0 Å². The van der Waals surface area contributed by atoms with Crippen molar-refractivity contribution in [1.29, 1.82) is 0 Å². The fraction of sp³-hybridized carbons (Fsp3) is 0.444. The highest BCUT2D eigenvalue weighted by Crippen LogP contribution is 2.52. The molecule has 1 aliphatic carbocycles.